The molecule has 0 aliphatic rings. The van der Waals surface area contributed by atoms with Crippen molar-refractivity contribution in [3.63, 3.8) is 0 Å². The largest absolute Gasteiger partial charge is 0.497 e. The summed E-state index contributed by atoms with van der Waals surface area (Å²) in [5.74, 6) is 1.07. The zero-order valence-corrected chi connectivity index (χ0v) is 21.9. The molecule has 5 nitrogen and oxygen atoms in total. The van der Waals surface area contributed by atoms with E-state index in [9.17, 15) is 5.11 Å². The van der Waals surface area contributed by atoms with Crippen molar-refractivity contribution in [2.75, 3.05) is 33.4 Å². The number of hydrogen-bond acceptors (Lipinski definition) is 5. The Labute approximate surface area is 220 Å². The third-order valence-electron chi connectivity index (χ3n) is 6.93. The van der Waals surface area contributed by atoms with Crippen LogP contribution in [0.2, 0.25) is 0 Å². The monoisotopic (exact) mass is 496 g/mol. The van der Waals surface area contributed by atoms with Crippen molar-refractivity contribution in [1.82, 2.24) is 9.88 Å². The Kier molecular flexibility index (Phi) is 8.94. The summed E-state index contributed by atoms with van der Waals surface area (Å²) in [6.07, 6.45) is 1.77. The van der Waals surface area contributed by atoms with Crippen molar-refractivity contribution < 1.29 is 14.6 Å². The minimum Gasteiger partial charge on any atom is -0.497 e. The number of nitrogens with zero attached hydrogens (tertiary/aromatic N) is 2. The second-order valence-corrected chi connectivity index (χ2v) is 8.99. The third-order valence-corrected chi connectivity index (χ3v) is 6.93. The summed E-state index contributed by atoms with van der Waals surface area (Å²) in [5, 5.41) is 12.8. The van der Waals surface area contributed by atoms with Crippen LogP contribution in [0.15, 0.2) is 103 Å². The van der Waals surface area contributed by atoms with Crippen molar-refractivity contribution >= 4 is 0 Å². The molecular weight excluding hydrogens is 460 g/mol. The molecule has 0 radical (unpaired) electrons. The Morgan fingerprint density at radius 2 is 1.38 bits per heavy atom. The van der Waals surface area contributed by atoms with Gasteiger partial charge in [0.2, 0.25) is 0 Å². The number of benzene rings is 3. The average molecular weight is 497 g/mol. The second-order valence-electron chi connectivity index (χ2n) is 8.99. The van der Waals surface area contributed by atoms with Gasteiger partial charge in [0.25, 0.3) is 0 Å². The van der Waals surface area contributed by atoms with E-state index in [1.807, 2.05) is 97.1 Å². The number of hydrogen-bond donors (Lipinski definition) is 1. The lowest BCUT2D eigenvalue weighted by Crippen LogP contribution is -2.36. The molecule has 0 fully saturated rings. The molecule has 1 heterocycles. The summed E-state index contributed by atoms with van der Waals surface area (Å²) < 4.78 is 11.4. The Morgan fingerprint density at radius 3 is 1.92 bits per heavy atom. The highest BCUT2D eigenvalue weighted by molar-refractivity contribution is 5.48. The van der Waals surface area contributed by atoms with Crippen LogP contribution < -0.4 is 9.47 Å². The first-order chi connectivity index (χ1) is 18.1. The van der Waals surface area contributed by atoms with Crippen LogP contribution in [0.5, 0.6) is 11.5 Å². The number of pyridine rings is 1. The van der Waals surface area contributed by atoms with Gasteiger partial charge in [-0.25, -0.2) is 0 Å². The first kappa shape index (κ1) is 26.4. The molecule has 4 aromatic rings. The number of rotatable bonds is 12. The van der Waals surface area contributed by atoms with E-state index in [-0.39, 0.29) is 0 Å². The molecule has 1 aromatic heterocycles. The number of methoxy groups -OCH3 is 1. The van der Waals surface area contributed by atoms with Crippen LogP contribution in [0, 0.1) is 0 Å². The lowest BCUT2D eigenvalue weighted by atomic mass is 9.71. The molecule has 2 atom stereocenters. The van der Waals surface area contributed by atoms with Gasteiger partial charge >= 0.3 is 0 Å². The summed E-state index contributed by atoms with van der Waals surface area (Å²) in [6, 6.07) is 31.3. The number of likely N-dealkylation sites (N-methyl/N-ethyl adjacent to an activating group) is 1. The van der Waals surface area contributed by atoms with E-state index < -0.39 is 11.5 Å². The van der Waals surface area contributed by atoms with Gasteiger partial charge in [0.1, 0.15) is 23.7 Å². The van der Waals surface area contributed by atoms with E-state index in [0.717, 1.165) is 53.5 Å². The molecule has 37 heavy (non-hydrogen) atoms. The first-order valence-electron chi connectivity index (χ1n) is 12.9. The van der Waals surface area contributed by atoms with Gasteiger partial charge < -0.3 is 19.5 Å². The molecule has 0 aliphatic heterocycles. The van der Waals surface area contributed by atoms with Crippen molar-refractivity contribution in [3.05, 3.63) is 126 Å². The molecule has 0 amide bonds. The summed E-state index contributed by atoms with van der Waals surface area (Å²) in [4.78, 5) is 7.01. The van der Waals surface area contributed by atoms with Crippen LogP contribution >= 0.6 is 0 Å². The normalized spacial score (nSPS) is 13.6. The topological polar surface area (TPSA) is 54.8 Å². The van der Waals surface area contributed by atoms with Gasteiger partial charge in [0.05, 0.1) is 18.7 Å². The van der Waals surface area contributed by atoms with Crippen molar-refractivity contribution in [3.8, 4) is 11.5 Å². The molecular formula is C32H36N2O3. The molecule has 1 N–H and O–H groups in total. The number of aliphatic hydroxyl groups is 1. The predicted molar refractivity (Wildman–Crippen MR) is 148 cm³/mol. The number of aromatic nitrogens is 1. The minimum absolute atomic E-state index is 0.447. The molecule has 0 spiro atoms. The van der Waals surface area contributed by atoms with E-state index in [4.69, 9.17) is 9.47 Å². The quantitative estimate of drug-likeness (QED) is 0.266. The first-order valence-corrected chi connectivity index (χ1v) is 12.9. The summed E-state index contributed by atoms with van der Waals surface area (Å²) in [6.45, 7) is 7.81. The van der Waals surface area contributed by atoms with Crippen molar-refractivity contribution in [2.24, 2.45) is 0 Å². The third kappa shape index (κ3) is 6.01. The fourth-order valence-corrected chi connectivity index (χ4v) is 4.80. The molecule has 3 aromatic carbocycles. The van der Waals surface area contributed by atoms with Crippen LogP contribution in [-0.2, 0) is 5.60 Å². The highest BCUT2D eigenvalue weighted by atomic mass is 16.5. The summed E-state index contributed by atoms with van der Waals surface area (Å²) in [5.41, 5.74) is 1.86. The number of ether oxygens (including phenoxy) is 2. The lowest BCUT2D eigenvalue weighted by Gasteiger charge is -2.37. The predicted octanol–water partition coefficient (Wildman–Crippen LogP) is 5.88. The van der Waals surface area contributed by atoms with E-state index in [1.165, 1.54) is 0 Å². The standard InChI is InChI=1S/C32H36N2O3/c1-4-34(5-2)23-24-37-29-20-16-27(17-21-29)32(35,26-14-18-28(36-3)19-15-26)31(25-11-7-6-8-12-25)30-13-9-10-22-33-30/h6-22,31,35H,4-5,23-24H2,1-3H3/t31-,32+/m0/s1. The zero-order valence-electron chi connectivity index (χ0n) is 21.9. The maximum Gasteiger partial charge on any atom is 0.127 e. The van der Waals surface area contributed by atoms with Crippen molar-refractivity contribution in [2.45, 2.75) is 25.4 Å². The Morgan fingerprint density at radius 1 is 0.784 bits per heavy atom. The Hall–Kier alpha value is -3.67. The zero-order chi connectivity index (χ0) is 26.1. The molecule has 4 rings (SSSR count). The van der Waals surface area contributed by atoms with Crippen molar-refractivity contribution in [1.29, 1.82) is 0 Å². The minimum atomic E-state index is -1.40. The molecule has 0 saturated heterocycles. The SMILES string of the molecule is CCN(CC)CCOc1ccc([C@](O)(c2ccc(OC)cc2)[C@@H](c2ccccc2)c2ccccn2)cc1. The lowest BCUT2D eigenvalue weighted by molar-refractivity contribution is 0.0611. The summed E-state index contributed by atoms with van der Waals surface area (Å²) >= 11 is 0. The van der Waals surface area contributed by atoms with Gasteiger partial charge in [-0.2, -0.15) is 0 Å². The van der Waals surface area contributed by atoms with Gasteiger partial charge in [0, 0.05) is 12.7 Å². The van der Waals surface area contributed by atoms with Crippen LogP contribution in [0.25, 0.3) is 0 Å². The fourth-order valence-electron chi connectivity index (χ4n) is 4.80. The van der Waals surface area contributed by atoms with Crippen LogP contribution in [0.1, 0.15) is 42.1 Å². The van der Waals surface area contributed by atoms with Gasteiger partial charge in [-0.15, -0.1) is 0 Å². The summed E-state index contributed by atoms with van der Waals surface area (Å²) in [7, 11) is 1.64. The molecule has 192 valence electrons. The van der Waals surface area contributed by atoms with Crippen LogP contribution in [0.3, 0.4) is 0 Å². The molecule has 5 heteroatoms. The van der Waals surface area contributed by atoms with Crippen LogP contribution in [0.4, 0.5) is 0 Å². The highest BCUT2D eigenvalue weighted by Gasteiger charge is 2.43. The maximum atomic E-state index is 12.8. The van der Waals surface area contributed by atoms with E-state index in [0.29, 0.717) is 6.61 Å². The smallest absolute Gasteiger partial charge is 0.127 e. The maximum absolute atomic E-state index is 12.8. The molecule has 0 unspecified atom stereocenters. The van der Waals surface area contributed by atoms with Gasteiger partial charge in [0.15, 0.2) is 0 Å². The molecule has 0 saturated carbocycles. The fraction of sp³-hybridized carbons (Fsp3) is 0.281. The van der Waals surface area contributed by atoms with E-state index >= 15 is 0 Å². The van der Waals surface area contributed by atoms with E-state index in [2.05, 4.69) is 23.7 Å². The average Bonchev–Trinajstić information content (AvgIpc) is 2.97. The van der Waals surface area contributed by atoms with Gasteiger partial charge in [-0.3, -0.25) is 4.98 Å². The Bertz CT molecular complexity index is 1170. The van der Waals surface area contributed by atoms with Gasteiger partial charge in [-0.1, -0.05) is 74.5 Å². The van der Waals surface area contributed by atoms with Crippen LogP contribution in [-0.4, -0.2) is 48.3 Å². The molecule has 0 aliphatic carbocycles. The van der Waals surface area contributed by atoms with Gasteiger partial charge in [-0.05, 0) is 66.2 Å². The highest BCUT2D eigenvalue weighted by Crippen LogP contribution is 2.46. The Balaban J connectivity index is 1.77. The second kappa shape index (κ2) is 12.5. The molecule has 0 bridgehead atoms. The van der Waals surface area contributed by atoms with E-state index in [1.54, 1.807) is 13.3 Å².